The van der Waals surface area contributed by atoms with Crippen LogP contribution < -0.4 is 20.5 Å². The van der Waals surface area contributed by atoms with Gasteiger partial charge >= 0.3 is 0 Å². The van der Waals surface area contributed by atoms with Crippen LogP contribution in [0.25, 0.3) is 10.9 Å². The van der Waals surface area contributed by atoms with Crippen molar-refractivity contribution in [1.29, 1.82) is 0 Å². The van der Waals surface area contributed by atoms with Crippen LogP contribution >= 0.6 is 11.6 Å². The minimum absolute atomic E-state index is 0.0632. The van der Waals surface area contributed by atoms with Crippen molar-refractivity contribution in [3.05, 3.63) is 45.8 Å². The number of aromatic nitrogens is 3. The summed E-state index contributed by atoms with van der Waals surface area (Å²) in [6, 6.07) is 7.42. The average molecular weight is 512 g/mol. The number of halogens is 1. The molecule has 0 spiro atoms. The summed E-state index contributed by atoms with van der Waals surface area (Å²) in [5, 5.41) is 4.54. The molecule has 1 aromatic carbocycles. The highest BCUT2D eigenvalue weighted by Gasteiger charge is 2.22. The molecule has 2 aliphatic rings. The first-order valence-corrected chi connectivity index (χ1v) is 12.8. The van der Waals surface area contributed by atoms with Crippen molar-refractivity contribution in [1.82, 2.24) is 14.5 Å². The van der Waals surface area contributed by atoms with Gasteiger partial charge in [-0.3, -0.25) is 9.59 Å². The predicted octanol–water partition coefficient (Wildman–Crippen LogP) is 4.18. The van der Waals surface area contributed by atoms with Gasteiger partial charge in [-0.15, -0.1) is 0 Å². The number of ether oxygens (including phenoxy) is 2. The van der Waals surface area contributed by atoms with Crippen LogP contribution in [-0.4, -0.2) is 53.2 Å². The monoisotopic (exact) mass is 511 g/mol. The van der Waals surface area contributed by atoms with E-state index in [0.717, 1.165) is 42.5 Å². The zero-order valence-corrected chi connectivity index (χ0v) is 21.1. The molecule has 36 heavy (non-hydrogen) atoms. The van der Waals surface area contributed by atoms with Gasteiger partial charge in [0.2, 0.25) is 5.95 Å². The highest BCUT2D eigenvalue weighted by atomic mass is 35.5. The van der Waals surface area contributed by atoms with Gasteiger partial charge < -0.3 is 24.3 Å². The molecule has 1 N–H and O–H groups in total. The van der Waals surface area contributed by atoms with Crippen LogP contribution in [0, 0.1) is 5.92 Å². The normalized spacial score (nSPS) is 16.1. The lowest BCUT2D eigenvalue weighted by Crippen LogP contribution is -2.35. The third-order valence-electron chi connectivity index (χ3n) is 6.62. The SMILES string of the molecule is CCC(=O)COc1cc2cc(Nc3nc(N4CCCCC4)ncc3Cl)ccc2n(CC2COC2)c1=O. The maximum absolute atomic E-state index is 13.2. The molecule has 0 atom stereocenters. The van der Waals surface area contributed by atoms with Crippen LogP contribution in [-0.2, 0) is 16.1 Å². The Bertz CT molecular complexity index is 1320. The van der Waals surface area contributed by atoms with Gasteiger partial charge in [0.1, 0.15) is 11.6 Å². The Labute approximate surface area is 214 Å². The Morgan fingerprint density at radius 1 is 1.22 bits per heavy atom. The first kappa shape index (κ1) is 24.5. The Hall–Kier alpha value is -3.17. The summed E-state index contributed by atoms with van der Waals surface area (Å²) in [7, 11) is 0. The van der Waals surface area contributed by atoms with E-state index in [1.807, 2.05) is 18.2 Å². The van der Waals surface area contributed by atoms with Crippen molar-refractivity contribution < 1.29 is 14.3 Å². The highest BCUT2D eigenvalue weighted by molar-refractivity contribution is 6.32. The van der Waals surface area contributed by atoms with Gasteiger partial charge in [0.15, 0.2) is 17.4 Å². The summed E-state index contributed by atoms with van der Waals surface area (Å²) < 4.78 is 12.7. The number of carbonyl (C=O) groups is 1. The van der Waals surface area contributed by atoms with E-state index in [9.17, 15) is 9.59 Å². The van der Waals surface area contributed by atoms with Gasteiger partial charge in [0.05, 0.1) is 24.9 Å². The molecule has 0 amide bonds. The average Bonchev–Trinajstić information content (AvgIpc) is 2.87. The molecule has 4 heterocycles. The summed E-state index contributed by atoms with van der Waals surface area (Å²) in [4.78, 5) is 36.3. The Balaban J connectivity index is 1.47. The topological polar surface area (TPSA) is 98.6 Å². The molecule has 2 saturated heterocycles. The maximum Gasteiger partial charge on any atom is 0.293 e. The molecule has 0 bridgehead atoms. The lowest BCUT2D eigenvalue weighted by molar-refractivity contribution is -0.120. The fourth-order valence-electron chi connectivity index (χ4n) is 4.46. The predicted molar refractivity (Wildman–Crippen MR) is 140 cm³/mol. The molecule has 2 fully saturated rings. The molecule has 10 heteroatoms. The number of hydrogen-bond acceptors (Lipinski definition) is 8. The fraction of sp³-hybridized carbons (Fsp3) is 0.462. The first-order chi connectivity index (χ1) is 17.5. The molecule has 0 aliphatic carbocycles. The molecule has 190 valence electrons. The fourth-order valence-corrected chi connectivity index (χ4v) is 4.60. The number of nitrogens with one attached hydrogen (secondary N) is 1. The molecule has 0 radical (unpaired) electrons. The van der Waals surface area contributed by atoms with Crippen molar-refractivity contribution in [2.24, 2.45) is 5.92 Å². The van der Waals surface area contributed by atoms with Crippen LogP contribution in [0.3, 0.4) is 0 Å². The maximum atomic E-state index is 13.2. The Kier molecular flexibility index (Phi) is 7.38. The van der Waals surface area contributed by atoms with Gasteiger partial charge in [0, 0.05) is 43.0 Å². The van der Waals surface area contributed by atoms with Crippen molar-refractivity contribution in [2.75, 3.05) is 43.1 Å². The van der Waals surface area contributed by atoms with Crippen LogP contribution in [0.5, 0.6) is 5.75 Å². The van der Waals surface area contributed by atoms with Gasteiger partial charge in [-0.25, -0.2) is 4.98 Å². The molecule has 0 unspecified atom stereocenters. The third-order valence-corrected chi connectivity index (χ3v) is 6.90. The molecule has 9 nitrogen and oxygen atoms in total. The summed E-state index contributed by atoms with van der Waals surface area (Å²) in [5.41, 5.74) is 1.30. The van der Waals surface area contributed by atoms with E-state index in [-0.39, 0.29) is 29.6 Å². The van der Waals surface area contributed by atoms with E-state index >= 15 is 0 Å². The number of anilines is 3. The largest absolute Gasteiger partial charge is 0.480 e. The van der Waals surface area contributed by atoms with Crippen molar-refractivity contribution in [3.63, 3.8) is 0 Å². The molecule has 2 aromatic heterocycles. The second kappa shape index (κ2) is 10.8. The quantitative estimate of drug-likeness (QED) is 0.457. The smallest absolute Gasteiger partial charge is 0.293 e. The van der Waals surface area contributed by atoms with Gasteiger partial charge in [0.25, 0.3) is 5.56 Å². The molecule has 0 saturated carbocycles. The van der Waals surface area contributed by atoms with Crippen molar-refractivity contribution in [2.45, 2.75) is 39.2 Å². The van der Waals surface area contributed by atoms with Crippen molar-refractivity contribution >= 4 is 45.7 Å². The van der Waals surface area contributed by atoms with E-state index in [1.54, 1.807) is 23.8 Å². The third kappa shape index (κ3) is 5.32. The lowest BCUT2D eigenvalue weighted by atomic mass is 10.1. The van der Waals surface area contributed by atoms with Gasteiger partial charge in [-0.05, 0) is 43.5 Å². The number of benzene rings is 1. The number of pyridine rings is 1. The number of fused-ring (bicyclic) bond motifs is 1. The highest BCUT2D eigenvalue weighted by Crippen LogP contribution is 2.29. The molecular formula is C26H30ClN5O4. The number of piperidine rings is 1. The Morgan fingerprint density at radius 2 is 2.03 bits per heavy atom. The van der Waals surface area contributed by atoms with E-state index in [2.05, 4.69) is 20.2 Å². The number of nitrogens with zero attached hydrogens (tertiary/aromatic N) is 4. The second-order valence-electron chi connectivity index (χ2n) is 9.32. The van der Waals surface area contributed by atoms with Crippen LogP contribution in [0.15, 0.2) is 35.3 Å². The number of rotatable bonds is 9. The molecule has 5 rings (SSSR count). The van der Waals surface area contributed by atoms with Gasteiger partial charge in [-0.1, -0.05) is 18.5 Å². The van der Waals surface area contributed by atoms with Crippen LogP contribution in [0.1, 0.15) is 32.6 Å². The molecule has 2 aliphatic heterocycles. The standard InChI is InChI=1S/C26H30ClN5O4/c1-2-20(33)16-36-23-11-18-10-19(6-7-22(18)32(25(23)34)13-17-14-35-15-17)29-24-21(27)12-28-26(30-24)31-8-4-3-5-9-31/h6-7,10-12,17H,2-5,8-9,13-16H2,1H3,(H,28,29,30). The number of carbonyl (C=O) groups excluding carboxylic acids is 1. The Morgan fingerprint density at radius 3 is 2.75 bits per heavy atom. The van der Waals surface area contributed by atoms with E-state index in [4.69, 9.17) is 21.1 Å². The summed E-state index contributed by atoms with van der Waals surface area (Å²) >= 11 is 6.42. The van der Waals surface area contributed by atoms with E-state index in [0.29, 0.717) is 43.0 Å². The zero-order valence-electron chi connectivity index (χ0n) is 20.3. The zero-order chi connectivity index (χ0) is 25.1. The van der Waals surface area contributed by atoms with Crippen LogP contribution in [0.2, 0.25) is 5.02 Å². The van der Waals surface area contributed by atoms with Gasteiger partial charge in [-0.2, -0.15) is 4.98 Å². The van der Waals surface area contributed by atoms with E-state index < -0.39 is 0 Å². The summed E-state index contributed by atoms with van der Waals surface area (Å²) in [6.07, 6.45) is 5.46. The first-order valence-electron chi connectivity index (χ1n) is 12.5. The molecule has 3 aromatic rings. The van der Waals surface area contributed by atoms with Crippen LogP contribution in [0.4, 0.5) is 17.5 Å². The molecular weight excluding hydrogens is 482 g/mol. The van der Waals surface area contributed by atoms with E-state index in [1.165, 1.54) is 6.42 Å². The number of Topliss-reactive ketones (excluding diaryl/α,β-unsaturated/α-hetero) is 1. The lowest BCUT2D eigenvalue weighted by Gasteiger charge is -2.27. The van der Waals surface area contributed by atoms with Crippen molar-refractivity contribution in [3.8, 4) is 5.75 Å². The number of ketones is 1. The second-order valence-corrected chi connectivity index (χ2v) is 9.73. The number of hydrogen-bond donors (Lipinski definition) is 1. The minimum Gasteiger partial charge on any atom is -0.480 e. The summed E-state index contributed by atoms with van der Waals surface area (Å²) in [5.74, 6) is 1.55. The summed E-state index contributed by atoms with van der Waals surface area (Å²) in [6.45, 7) is 5.29. The minimum atomic E-state index is -0.246.